The average molecular weight is 319 g/mol. The second-order valence-corrected chi connectivity index (χ2v) is 6.39. The van der Waals surface area contributed by atoms with Gasteiger partial charge in [0.1, 0.15) is 17.0 Å². The lowest BCUT2D eigenvalue weighted by atomic mass is 10.0. The molecule has 0 radical (unpaired) electrons. The molecule has 118 valence electrons. The Morgan fingerprint density at radius 3 is 3.00 bits per heavy atom. The average Bonchev–Trinajstić information content (AvgIpc) is 3.23. The molecular weight excluding hydrogens is 298 g/mol. The first-order valence-corrected chi connectivity index (χ1v) is 8.67. The van der Waals surface area contributed by atoms with E-state index in [0.717, 1.165) is 49.5 Å². The van der Waals surface area contributed by atoms with E-state index in [0.29, 0.717) is 11.7 Å². The largest absolute Gasteiger partial charge is 0.472 e. The van der Waals surface area contributed by atoms with Gasteiger partial charge in [0.05, 0.1) is 6.26 Å². The highest BCUT2D eigenvalue weighted by Crippen LogP contribution is 2.25. The summed E-state index contributed by atoms with van der Waals surface area (Å²) in [6, 6.07) is 2.19. The Balaban J connectivity index is 1.77. The van der Waals surface area contributed by atoms with Crippen molar-refractivity contribution in [1.29, 1.82) is 0 Å². The maximum absolute atomic E-state index is 12.8. The van der Waals surface area contributed by atoms with E-state index in [1.54, 1.807) is 12.5 Å². The fourth-order valence-corrected chi connectivity index (χ4v) is 3.63. The number of rotatable bonds is 5. The molecule has 1 aliphatic rings. The molecule has 3 rings (SSSR count). The van der Waals surface area contributed by atoms with Gasteiger partial charge in [-0.1, -0.05) is 6.92 Å². The molecule has 0 saturated carbocycles. The van der Waals surface area contributed by atoms with Crippen LogP contribution in [0.4, 0.5) is 0 Å². The van der Waals surface area contributed by atoms with E-state index in [4.69, 9.17) is 4.42 Å². The first kappa shape index (κ1) is 15.2. The molecule has 0 atom stereocenters. The Morgan fingerprint density at radius 1 is 1.50 bits per heavy atom. The molecule has 1 amide bonds. The molecule has 1 N–H and O–H groups in total. The summed E-state index contributed by atoms with van der Waals surface area (Å²) in [5.41, 5.74) is 1.47. The fraction of sp³-hybridized carbons (Fsp3) is 0.500. The van der Waals surface area contributed by atoms with Crippen molar-refractivity contribution in [1.82, 2.24) is 15.2 Å². The monoisotopic (exact) mass is 319 g/mol. The third kappa shape index (κ3) is 3.23. The number of amides is 1. The van der Waals surface area contributed by atoms with Gasteiger partial charge in [-0.15, -0.1) is 11.3 Å². The van der Waals surface area contributed by atoms with Crippen molar-refractivity contribution in [3.05, 3.63) is 29.7 Å². The minimum absolute atomic E-state index is 0.0553. The third-order valence-corrected chi connectivity index (χ3v) is 4.86. The van der Waals surface area contributed by atoms with Crippen molar-refractivity contribution in [2.45, 2.75) is 32.2 Å². The molecule has 0 unspecified atom stereocenters. The Labute approximate surface area is 134 Å². The SMILES string of the molecule is CCCN(C(=O)c1csc(-c2ccoc2)n1)C1CCNCC1. The summed E-state index contributed by atoms with van der Waals surface area (Å²) in [6.07, 6.45) is 6.28. The van der Waals surface area contributed by atoms with Crippen molar-refractivity contribution in [3.63, 3.8) is 0 Å². The van der Waals surface area contributed by atoms with Crippen LogP contribution < -0.4 is 5.32 Å². The van der Waals surface area contributed by atoms with Crippen LogP contribution in [0.3, 0.4) is 0 Å². The number of hydrogen-bond donors (Lipinski definition) is 1. The Morgan fingerprint density at radius 2 is 2.32 bits per heavy atom. The first-order valence-electron chi connectivity index (χ1n) is 7.79. The van der Waals surface area contributed by atoms with Crippen molar-refractivity contribution in [2.75, 3.05) is 19.6 Å². The Kier molecular flexibility index (Phi) is 4.90. The first-order chi connectivity index (χ1) is 10.8. The normalized spacial score (nSPS) is 15.9. The molecule has 0 aromatic carbocycles. The smallest absolute Gasteiger partial charge is 0.273 e. The van der Waals surface area contributed by atoms with Crippen molar-refractivity contribution in [3.8, 4) is 10.6 Å². The minimum atomic E-state index is 0.0553. The number of furan rings is 1. The lowest BCUT2D eigenvalue weighted by Crippen LogP contribution is -2.46. The van der Waals surface area contributed by atoms with Crippen LogP contribution in [0.25, 0.3) is 10.6 Å². The summed E-state index contributed by atoms with van der Waals surface area (Å²) in [5.74, 6) is 0.0553. The van der Waals surface area contributed by atoms with Gasteiger partial charge in [-0.25, -0.2) is 4.98 Å². The van der Waals surface area contributed by atoms with Crippen LogP contribution in [0.15, 0.2) is 28.4 Å². The van der Waals surface area contributed by atoms with Crippen LogP contribution in [0.5, 0.6) is 0 Å². The molecule has 22 heavy (non-hydrogen) atoms. The summed E-state index contributed by atoms with van der Waals surface area (Å²) in [6.45, 7) is 4.87. The summed E-state index contributed by atoms with van der Waals surface area (Å²) >= 11 is 1.49. The molecule has 5 nitrogen and oxygen atoms in total. The molecule has 0 bridgehead atoms. The molecule has 3 heterocycles. The fourth-order valence-electron chi connectivity index (χ4n) is 2.85. The zero-order valence-corrected chi connectivity index (χ0v) is 13.6. The maximum Gasteiger partial charge on any atom is 0.273 e. The van der Waals surface area contributed by atoms with Gasteiger partial charge in [0.2, 0.25) is 0 Å². The van der Waals surface area contributed by atoms with Gasteiger partial charge in [0.15, 0.2) is 0 Å². The van der Waals surface area contributed by atoms with Crippen LogP contribution in [-0.4, -0.2) is 41.5 Å². The van der Waals surface area contributed by atoms with Crippen LogP contribution in [0, 0.1) is 0 Å². The molecule has 6 heteroatoms. The zero-order chi connectivity index (χ0) is 15.4. The maximum atomic E-state index is 12.8. The quantitative estimate of drug-likeness (QED) is 0.920. The van der Waals surface area contributed by atoms with E-state index >= 15 is 0 Å². The second kappa shape index (κ2) is 7.07. The molecule has 2 aromatic heterocycles. The van der Waals surface area contributed by atoms with Gasteiger partial charge < -0.3 is 14.6 Å². The molecular formula is C16H21N3O2S. The summed E-state index contributed by atoms with van der Waals surface area (Å²) in [5, 5.41) is 6.04. The van der Waals surface area contributed by atoms with Gasteiger partial charge in [-0.05, 0) is 38.4 Å². The van der Waals surface area contributed by atoms with Crippen LogP contribution >= 0.6 is 11.3 Å². The summed E-state index contributed by atoms with van der Waals surface area (Å²) < 4.78 is 5.08. The molecule has 2 aromatic rings. The number of hydrogen-bond acceptors (Lipinski definition) is 5. The highest BCUT2D eigenvalue weighted by molar-refractivity contribution is 7.13. The standard InChI is InChI=1S/C16H21N3O2S/c1-2-8-19(13-3-6-17-7-4-13)16(20)14-11-22-15(18-14)12-5-9-21-10-12/h5,9-11,13,17H,2-4,6-8H2,1H3. The van der Waals surface area contributed by atoms with Gasteiger partial charge in [0, 0.05) is 23.5 Å². The number of piperidine rings is 1. The van der Waals surface area contributed by atoms with E-state index in [2.05, 4.69) is 17.2 Å². The summed E-state index contributed by atoms with van der Waals surface area (Å²) in [4.78, 5) is 19.4. The van der Waals surface area contributed by atoms with Crippen molar-refractivity contribution < 1.29 is 9.21 Å². The highest BCUT2D eigenvalue weighted by Gasteiger charge is 2.27. The molecule has 1 aliphatic heterocycles. The lowest BCUT2D eigenvalue weighted by molar-refractivity contribution is 0.0637. The van der Waals surface area contributed by atoms with Gasteiger partial charge in [0.25, 0.3) is 5.91 Å². The van der Waals surface area contributed by atoms with Gasteiger partial charge in [-0.3, -0.25) is 4.79 Å². The molecule has 0 spiro atoms. The number of carbonyl (C=O) groups excluding carboxylic acids is 1. The number of carbonyl (C=O) groups is 1. The van der Waals surface area contributed by atoms with Crippen LogP contribution in [-0.2, 0) is 0 Å². The Hall–Kier alpha value is -1.66. The number of thiazole rings is 1. The molecule has 1 fully saturated rings. The highest BCUT2D eigenvalue weighted by atomic mass is 32.1. The predicted molar refractivity (Wildman–Crippen MR) is 87.0 cm³/mol. The van der Waals surface area contributed by atoms with E-state index in [1.807, 2.05) is 16.3 Å². The number of nitrogens with zero attached hydrogens (tertiary/aromatic N) is 2. The van der Waals surface area contributed by atoms with Gasteiger partial charge >= 0.3 is 0 Å². The predicted octanol–water partition coefficient (Wildman–Crippen LogP) is 3.01. The van der Waals surface area contributed by atoms with E-state index < -0.39 is 0 Å². The van der Waals surface area contributed by atoms with Crippen molar-refractivity contribution in [2.24, 2.45) is 0 Å². The van der Waals surface area contributed by atoms with Crippen molar-refractivity contribution >= 4 is 17.2 Å². The van der Waals surface area contributed by atoms with Crippen LogP contribution in [0.1, 0.15) is 36.7 Å². The summed E-state index contributed by atoms with van der Waals surface area (Å²) in [7, 11) is 0. The third-order valence-electron chi connectivity index (χ3n) is 3.97. The Bertz CT molecular complexity index is 603. The topological polar surface area (TPSA) is 58.4 Å². The van der Waals surface area contributed by atoms with E-state index in [9.17, 15) is 4.79 Å². The molecule has 0 aliphatic carbocycles. The second-order valence-electron chi connectivity index (χ2n) is 5.53. The number of nitrogens with one attached hydrogen (secondary N) is 1. The molecule has 1 saturated heterocycles. The van der Waals surface area contributed by atoms with Crippen LogP contribution in [0.2, 0.25) is 0 Å². The van der Waals surface area contributed by atoms with E-state index in [-0.39, 0.29) is 5.91 Å². The minimum Gasteiger partial charge on any atom is -0.472 e. The van der Waals surface area contributed by atoms with Gasteiger partial charge in [-0.2, -0.15) is 0 Å². The lowest BCUT2D eigenvalue weighted by Gasteiger charge is -2.34. The number of aromatic nitrogens is 1. The zero-order valence-electron chi connectivity index (χ0n) is 12.7. The van der Waals surface area contributed by atoms with E-state index in [1.165, 1.54) is 11.3 Å².